The molecule has 0 N–H and O–H groups in total. The number of hydrogen-bond acceptors (Lipinski definition) is 3. The standard InChI is InChI=1S/C20H27F3N2O2/c1-18(2,3)27-17(26)25-12-19(13-25)8-6-14(7-9-19)10-16-5-4-15(11-24-16)20(21,22)23/h4-5,11,14H,6-10,12-13H2,1-3H3. The molecule has 3 rings (SSSR count). The molecule has 0 radical (unpaired) electrons. The Kier molecular flexibility index (Phi) is 5.16. The van der Waals surface area contributed by atoms with Crippen molar-refractivity contribution in [3.8, 4) is 0 Å². The average Bonchev–Trinajstić information content (AvgIpc) is 2.51. The lowest BCUT2D eigenvalue weighted by atomic mass is 9.65. The summed E-state index contributed by atoms with van der Waals surface area (Å²) < 4.78 is 43.2. The molecule has 1 aliphatic carbocycles. The minimum absolute atomic E-state index is 0.195. The van der Waals surface area contributed by atoms with Gasteiger partial charge in [-0.05, 0) is 70.9 Å². The maximum absolute atomic E-state index is 12.6. The number of rotatable bonds is 2. The summed E-state index contributed by atoms with van der Waals surface area (Å²) in [6.07, 6.45) is 1.16. The van der Waals surface area contributed by atoms with Crippen molar-refractivity contribution in [1.29, 1.82) is 0 Å². The number of likely N-dealkylation sites (tertiary alicyclic amines) is 1. The van der Waals surface area contributed by atoms with Crippen molar-refractivity contribution in [2.75, 3.05) is 13.1 Å². The Morgan fingerprint density at radius 3 is 2.33 bits per heavy atom. The molecule has 0 aromatic carbocycles. The summed E-state index contributed by atoms with van der Waals surface area (Å²) in [5.41, 5.74) is -0.272. The number of pyridine rings is 1. The lowest BCUT2D eigenvalue weighted by Gasteiger charge is -2.53. The minimum atomic E-state index is -4.34. The van der Waals surface area contributed by atoms with Gasteiger partial charge in [0.25, 0.3) is 0 Å². The fraction of sp³-hybridized carbons (Fsp3) is 0.700. The summed E-state index contributed by atoms with van der Waals surface area (Å²) in [5, 5.41) is 0. The first kappa shape index (κ1) is 20.0. The third-order valence-corrected chi connectivity index (χ3v) is 5.52. The Labute approximate surface area is 158 Å². The molecule has 150 valence electrons. The van der Waals surface area contributed by atoms with Crippen LogP contribution in [0.1, 0.15) is 57.7 Å². The summed E-state index contributed by atoms with van der Waals surface area (Å²) in [6, 6.07) is 2.60. The summed E-state index contributed by atoms with van der Waals surface area (Å²) in [7, 11) is 0. The number of carbonyl (C=O) groups is 1. The molecule has 1 aromatic heterocycles. The van der Waals surface area contributed by atoms with Gasteiger partial charge in [0.2, 0.25) is 0 Å². The van der Waals surface area contributed by atoms with Gasteiger partial charge in [-0.2, -0.15) is 13.2 Å². The van der Waals surface area contributed by atoms with Crippen molar-refractivity contribution in [1.82, 2.24) is 9.88 Å². The number of halogens is 3. The topological polar surface area (TPSA) is 42.4 Å². The van der Waals surface area contributed by atoms with E-state index in [4.69, 9.17) is 4.74 Å². The number of amides is 1. The lowest BCUT2D eigenvalue weighted by Crippen LogP contribution is -2.60. The largest absolute Gasteiger partial charge is 0.444 e. The smallest absolute Gasteiger partial charge is 0.417 e. The Morgan fingerprint density at radius 1 is 1.22 bits per heavy atom. The van der Waals surface area contributed by atoms with E-state index in [-0.39, 0.29) is 11.5 Å². The van der Waals surface area contributed by atoms with Gasteiger partial charge in [0.15, 0.2) is 0 Å². The van der Waals surface area contributed by atoms with Crippen molar-refractivity contribution in [3.63, 3.8) is 0 Å². The zero-order valence-corrected chi connectivity index (χ0v) is 16.1. The van der Waals surface area contributed by atoms with Crippen LogP contribution in [0.2, 0.25) is 0 Å². The SMILES string of the molecule is CC(C)(C)OC(=O)N1CC2(CCC(Cc3ccc(C(F)(F)F)cn3)CC2)C1. The van der Waals surface area contributed by atoms with Gasteiger partial charge in [-0.15, -0.1) is 0 Å². The molecule has 2 heterocycles. The van der Waals surface area contributed by atoms with Gasteiger partial charge >= 0.3 is 12.3 Å². The quantitative estimate of drug-likeness (QED) is 0.715. The van der Waals surface area contributed by atoms with Gasteiger partial charge in [-0.3, -0.25) is 4.98 Å². The number of carbonyl (C=O) groups excluding carboxylic acids is 1. The van der Waals surface area contributed by atoms with E-state index in [0.29, 0.717) is 18.0 Å². The normalized spacial score (nSPS) is 20.4. The first-order valence-electron chi connectivity index (χ1n) is 9.46. The molecule has 1 amide bonds. The summed E-state index contributed by atoms with van der Waals surface area (Å²) in [6.45, 7) is 7.07. The van der Waals surface area contributed by atoms with E-state index >= 15 is 0 Å². The molecule has 4 nitrogen and oxygen atoms in total. The predicted molar refractivity (Wildman–Crippen MR) is 95.1 cm³/mol. The van der Waals surface area contributed by atoms with Gasteiger partial charge < -0.3 is 9.64 Å². The highest BCUT2D eigenvalue weighted by molar-refractivity contribution is 5.69. The van der Waals surface area contributed by atoms with Crippen LogP contribution in [0.15, 0.2) is 18.3 Å². The fourth-order valence-electron chi connectivity index (χ4n) is 4.04. The van der Waals surface area contributed by atoms with Crippen LogP contribution < -0.4 is 0 Å². The third kappa shape index (κ3) is 4.93. The van der Waals surface area contributed by atoms with Crippen molar-refractivity contribution >= 4 is 6.09 Å². The summed E-state index contributed by atoms with van der Waals surface area (Å²) >= 11 is 0. The van der Waals surface area contributed by atoms with Crippen LogP contribution in [0.5, 0.6) is 0 Å². The minimum Gasteiger partial charge on any atom is -0.444 e. The molecule has 1 saturated heterocycles. The summed E-state index contributed by atoms with van der Waals surface area (Å²) in [5.74, 6) is 0.440. The molecule has 7 heteroatoms. The van der Waals surface area contributed by atoms with Crippen molar-refractivity contribution in [2.45, 2.75) is 64.7 Å². The van der Waals surface area contributed by atoms with Crippen molar-refractivity contribution in [3.05, 3.63) is 29.6 Å². The Bertz CT molecular complexity index is 664. The molecule has 0 bridgehead atoms. The second-order valence-electron chi connectivity index (χ2n) is 9.02. The van der Waals surface area contributed by atoms with E-state index in [9.17, 15) is 18.0 Å². The number of hydrogen-bond donors (Lipinski definition) is 0. The van der Waals surface area contributed by atoms with E-state index < -0.39 is 17.3 Å². The molecule has 1 spiro atoms. The third-order valence-electron chi connectivity index (χ3n) is 5.52. The number of aromatic nitrogens is 1. The van der Waals surface area contributed by atoms with Gasteiger partial charge in [0.05, 0.1) is 5.56 Å². The van der Waals surface area contributed by atoms with E-state index in [1.54, 1.807) is 4.90 Å². The second kappa shape index (κ2) is 6.99. The van der Waals surface area contributed by atoms with Crippen LogP contribution in [0.25, 0.3) is 0 Å². The number of ether oxygens (including phenoxy) is 1. The highest BCUT2D eigenvalue weighted by Crippen LogP contribution is 2.46. The first-order chi connectivity index (χ1) is 12.5. The van der Waals surface area contributed by atoms with Crippen LogP contribution >= 0.6 is 0 Å². The summed E-state index contributed by atoms with van der Waals surface area (Å²) in [4.78, 5) is 17.8. The highest BCUT2D eigenvalue weighted by atomic mass is 19.4. The Morgan fingerprint density at radius 2 is 1.85 bits per heavy atom. The Balaban J connectivity index is 1.46. The van der Waals surface area contributed by atoms with Crippen LogP contribution in [0.3, 0.4) is 0 Å². The zero-order chi connectivity index (χ0) is 19.9. The Hall–Kier alpha value is -1.79. The number of alkyl halides is 3. The molecule has 1 saturated carbocycles. The zero-order valence-electron chi connectivity index (χ0n) is 16.1. The maximum Gasteiger partial charge on any atom is 0.417 e. The van der Waals surface area contributed by atoms with Gasteiger partial charge in [0.1, 0.15) is 5.60 Å². The van der Waals surface area contributed by atoms with Crippen LogP contribution in [0, 0.1) is 11.3 Å². The predicted octanol–water partition coefficient (Wildman–Crippen LogP) is 5.07. The lowest BCUT2D eigenvalue weighted by molar-refractivity contribution is -0.137. The second-order valence-corrected chi connectivity index (χ2v) is 9.02. The molecule has 27 heavy (non-hydrogen) atoms. The van der Waals surface area contributed by atoms with Crippen molar-refractivity contribution in [2.24, 2.45) is 11.3 Å². The molecule has 0 unspecified atom stereocenters. The van der Waals surface area contributed by atoms with E-state index in [0.717, 1.165) is 51.0 Å². The van der Waals surface area contributed by atoms with Crippen LogP contribution in [-0.4, -0.2) is 34.7 Å². The van der Waals surface area contributed by atoms with Crippen molar-refractivity contribution < 1.29 is 22.7 Å². The van der Waals surface area contributed by atoms with E-state index in [1.807, 2.05) is 20.8 Å². The highest BCUT2D eigenvalue weighted by Gasteiger charge is 2.47. The van der Waals surface area contributed by atoms with Crippen LogP contribution in [0.4, 0.5) is 18.0 Å². The van der Waals surface area contributed by atoms with E-state index in [2.05, 4.69) is 4.98 Å². The van der Waals surface area contributed by atoms with Crippen LogP contribution in [-0.2, 0) is 17.3 Å². The monoisotopic (exact) mass is 384 g/mol. The molecular formula is C20H27F3N2O2. The molecular weight excluding hydrogens is 357 g/mol. The van der Waals surface area contributed by atoms with Gasteiger partial charge in [-0.25, -0.2) is 4.79 Å². The molecule has 2 fully saturated rings. The fourth-order valence-corrected chi connectivity index (χ4v) is 4.04. The van der Waals surface area contributed by atoms with Gasteiger partial charge in [-0.1, -0.05) is 0 Å². The molecule has 1 aromatic rings. The maximum atomic E-state index is 12.6. The van der Waals surface area contributed by atoms with Gasteiger partial charge in [0, 0.05) is 30.4 Å². The van der Waals surface area contributed by atoms with E-state index in [1.165, 1.54) is 6.07 Å². The molecule has 0 atom stereocenters. The number of nitrogens with zero attached hydrogens (tertiary/aromatic N) is 2. The average molecular weight is 384 g/mol. The molecule has 2 aliphatic rings. The molecule has 1 aliphatic heterocycles. The first-order valence-corrected chi connectivity index (χ1v) is 9.46.